The predicted octanol–water partition coefficient (Wildman–Crippen LogP) is 4.14. The highest BCUT2D eigenvalue weighted by Gasteiger charge is 2.25. The van der Waals surface area contributed by atoms with Crippen LogP contribution in [0.2, 0.25) is 5.02 Å². The van der Waals surface area contributed by atoms with Crippen molar-refractivity contribution in [2.75, 3.05) is 13.7 Å². The van der Waals surface area contributed by atoms with E-state index in [4.69, 9.17) is 16.3 Å². The molecule has 1 aliphatic heterocycles. The molecule has 0 fully saturated rings. The van der Waals surface area contributed by atoms with Crippen LogP contribution in [0.3, 0.4) is 0 Å². The molecular weight excluding hydrogens is 381 g/mol. The second-order valence-corrected chi connectivity index (χ2v) is 6.90. The number of halogens is 2. The van der Waals surface area contributed by atoms with Crippen LogP contribution in [-0.4, -0.2) is 34.4 Å². The van der Waals surface area contributed by atoms with E-state index in [0.717, 1.165) is 22.6 Å². The van der Waals surface area contributed by atoms with Gasteiger partial charge in [0.15, 0.2) is 5.82 Å². The van der Waals surface area contributed by atoms with E-state index in [1.54, 1.807) is 18.2 Å². The van der Waals surface area contributed by atoms with Crippen LogP contribution in [0.1, 0.15) is 21.6 Å². The molecule has 0 aliphatic carbocycles. The Morgan fingerprint density at radius 3 is 2.75 bits per heavy atom. The topological polar surface area (TPSA) is 55.3 Å². The van der Waals surface area contributed by atoms with Crippen LogP contribution in [0.4, 0.5) is 4.39 Å². The maximum atomic E-state index is 13.5. The average molecular weight is 398 g/mol. The van der Waals surface area contributed by atoms with E-state index < -0.39 is 5.82 Å². The van der Waals surface area contributed by atoms with Crippen molar-refractivity contribution in [1.29, 1.82) is 0 Å². The van der Waals surface area contributed by atoms with Crippen LogP contribution in [0.15, 0.2) is 48.7 Å². The first-order valence-electron chi connectivity index (χ1n) is 8.78. The van der Waals surface area contributed by atoms with E-state index >= 15 is 0 Å². The highest BCUT2D eigenvalue weighted by Crippen LogP contribution is 2.25. The Balaban J connectivity index is 1.56. The molecule has 1 aromatic heterocycles. The summed E-state index contributed by atoms with van der Waals surface area (Å²) in [6, 6.07) is 11.3. The highest BCUT2D eigenvalue weighted by molar-refractivity contribution is 6.33. The van der Waals surface area contributed by atoms with Crippen molar-refractivity contribution < 1.29 is 13.9 Å². The lowest BCUT2D eigenvalue weighted by Gasteiger charge is -2.28. The normalized spacial score (nSPS) is 13.2. The fourth-order valence-corrected chi connectivity index (χ4v) is 3.40. The Kier molecular flexibility index (Phi) is 4.96. The van der Waals surface area contributed by atoms with E-state index in [-0.39, 0.29) is 16.5 Å². The van der Waals surface area contributed by atoms with E-state index in [1.165, 1.54) is 18.2 Å². The second-order valence-electron chi connectivity index (χ2n) is 6.49. The van der Waals surface area contributed by atoms with Crippen molar-refractivity contribution in [3.05, 3.63) is 76.3 Å². The van der Waals surface area contributed by atoms with Gasteiger partial charge in [0.2, 0.25) is 0 Å². The summed E-state index contributed by atoms with van der Waals surface area (Å²) in [6.07, 6.45) is 2.34. The van der Waals surface area contributed by atoms with Gasteiger partial charge in [-0.2, -0.15) is 0 Å². The van der Waals surface area contributed by atoms with Gasteiger partial charge in [-0.15, -0.1) is 0 Å². The minimum Gasteiger partial charge on any atom is -0.497 e. The number of fused-ring (bicyclic) bond motifs is 1. The molecule has 0 bridgehead atoms. The molecule has 0 saturated heterocycles. The van der Waals surface area contributed by atoms with E-state index in [0.29, 0.717) is 25.3 Å². The van der Waals surface area contributed by atoms with Crippen molar-refractivity contribution in [3.8, 4) is 17.1 Å². The van der Waals surface area contributed by atoms with Gasteiger partial charge in [0.1, 0.15) is 11.6 Å². The molecule has 1 aliphatic rings. The number of aromatic nitrogens is 2. The van der Waals surface area contributed by atoms with Crippen molar-refractivity contribution in [2.45, 2.75) is 13.0 Å². The number of rotatable bonds is 3. The Morgan fingerprint density at radius 2 is 2.00 bits per heavy atom. The molecule has 0 spiro atoms. The maximum Gasteiger partial charge on any atom is 0.255 e. The van der Waals surface area contributed by atoms with Gasteiger partial charge >= 0.3 is 0 Å². The predicted molar refractivity (Wildman–Crippen MR) is 104 cm³/mol. The van der Waals surface area contributed by atoms with Gasteiger partial charge in [-0.1, -0.05) is 11.6 Å². The van der Waals surface area contributed by atoms with Gasteiger partial charge in [-0.3, -0.25) is 4.79 Å². The second kappa shape index (κ2) is 7.56. The van der Waals surface area contributed by atoms with Crippen molar-refractivity contribution >= 4 is 17.5 Å². The molecule has 0 saturated carbocycles. The Bertz CT molecular complexity index is 1040. The number of hydrogen-bond acceptors (Lipinski definition) is 4. The number of benzene rings is 2. The molecule has 0 unspecified atom stereocenters. The largest absolute Gasteiger partial charge is 0.497 e. The molecule has 7 heteroatoms. The number of carbonyl (C=O) groups excluding carboxylic acids is 1. The molecule has 3 aromatic rings. The van der Waals surface area contributed by atoms with Gasteiger partial charge < -0.3 is 9.64 Å². The standard InChI is InChI=1S/C21H17ClFN3O2/c1-28-16-5-2-13(3-6-16)20-24-11-14-12-26(9-8-19(14)25-20)21(27)17-10-15(23)4-7-18(17)22/h2-7,10-11H,8-9,12H2,1H3. The third-order valence-electron chi connectivity index (χ3n) is 4.73. The zero-order valence-electron chi connectivity index (χ0n) is 15.2. The molecule has 4 rings (SSSR count). The summed E-state index contributed by atoms with van der Waals surface area (Å²) >= 11 is 6.07. The molecule has 0 atom stereocenters. The van der Waals surface area contributed by atoms with Crippen LogP contribution in [-0.2, 0) is 13.0 Å². The van der Waals surface area contributed by atoms with Gasteiger partial charge in [0.25, 0.3) is 5.91 Å². The lowest BCUT2D eigenvalue weighted by Crippen LogP contribution is -2.36. The molecule has 5 nitrogen and oxygen atoms in total. The number of methoxy groups -OCH3 is 1. The smallest absolute Gasteiger partial charge is 0.255 e. The van der Waals surface area contributed by atoms with E-state index in [2.05, 4.69) is 9.97 Å². The van der Waals surface area contributed by atoms with Crippen LogP contribution in [0.25, 0.3) is 11.4 Å². The monoisotopic (exact) mass is 397 g/mol. The third kappa shape index (κ3) is 3.55. The molecule has 142 valence electrons. The SMILES string of the molecule is COc1ccc(-c2ncc3c(n2)CCN(C(=O)c2cc(F)ccc2Cl)C3)cc1. The average Bonchev–Trinajstić information content (AvgIpc) is 2.74. The van der Waals surface area contributed by atoms with Crippen LogP contribution in [0, 0.1) is 5.82 Å². The number of ether oxygens (including phenoxy) is 1. The molecule has 1 amide bonds. The Morgan fingerprint density at radius 1 is 1.21 bits per heavy atom. The van der Waals surface area contributed by atoms with Crippen LogP contribution in [0.5, 0.6) is 5.75 Å². The fourth-order valence-electron chi connectivity index (χ4n) is 3.20. The first kappa shape index (κ1) is 18.4. The molecule has 2 heterocycles. The zero-order chi connectivity index (χ0) is 19.7. The van der Waals surface area contributed by atoms with E-state index in [9.17, 15) is 9.18 Å². The van der Waals surface area contributed by atoms with Gasteiger partial charge in [0.05, 0.1) is 23.4 Å². The van der Waals surface area contributed by atoms with Gasteiger partial charge in [0, 0.05) is 36.8 Å². The van der Waals surface area contributed by atoms with Crippen molar-refractivity contribution in [2.24, 2.45) is 0 Å². The van der Waals surface area contributed by atoms with Crippen molar-refractivity contribution in [1.82, 2.24) is 14.9 Å². The number of hydrogen-bond donors (Lipinski definition) is 0. The molecular formula is C21H17ClFN3O2. The zero-order valence-corrected chi connectivity index (χ0v) is 15.9. The molecule has 2 aromatic carbocycles. The summed E-state index contributed by atoms with van der Waals surface area (Å²) in [4.78, 5) is 23.5. The van der Waals surface area contributed by atoms with E-state index in [1.807, 2.05) is 24.3 Å². The van der Waals surface area contributed by atoms with Crippen LogP contribution >= 0.6 is 11.6 Å². The van der Waals surface area contributed by atoms with Crippen molar-refractivity contribution in [3.63, 3.8) is 0 Å². The highest BCUT2D eigenvalue weighted by atomic mass is 35.5. The van der Waals surface area contributed by atoms with Gasteiger partial charge in [-0.05, 0) is 42.5 Å². The summed E-state index contributed by atoms with van der Waals surface area (Å²) < 4.78 is 18.7. The van der Waals surface area contributed by atoms with Gasteiger partial charge in [-0.25, -0.2) is 14.4 Å². The number of nitrogens with zero attached hydrogens (tertiary/aromatic N) is 3. The maximum absolute atomic E-state index is 13.5. The summed E-state index contributed by atoms with van der Waals surface area (Å²) in [5, 5.41) is 0.239. The Hall–Kier alpha value is -2.99. The molecule has 0 radical (unpaired) electrons. The summed E-state index contributed by atoms with van der Waals surface area (Å²) in [6.45, 7) is 0.849. The lowest BCUT2D eigenvalue weighted by molar-refractivity contribution is 0.0733. The third-order valence-corrected chi connectivity index (χ3v) is 5.06. The summed E-state index contributed by atoms with van der Waals surface area (Å²) in [7, 11) is 1.62. The fraction of sp³-hybridized carbons (Fsp3) is 0.190. The number of carbonyl (C=O) groups is 1. The first-order valence-corrected chi connectivity index (χ1v) is 9.16. The Labute approximate surface area is 166 Å². The summed E-state index contributed by atoms with van der Waals surface area (Å²) in [5.41, 5.74) is 2.86. The molecule has 0 N–H and O–H groups in total. The first-order chi connectivity index (χ1) is 13.5. The summed E-state index contributed by atoms with van der Waals surface area (Å²) in [5.74, 6) is 0.619. The number of amides is 1. The molecule has 28 heavy (non-hydrogen) atoms. The minimum atomic E-state index is -0.488. The quantitative estimate of drug-likeness (QED) is 0.666. The lowest BCUT2D eigenvalue weighted by atomic mass is 10.1. The van der Waals surface area contributed by atoms with Crippen LogP contribution < -0.4 is 4.74 Å². The minimum absolute atomic E-state index is 0.167.